The summed E-state index contributed by atoms with van der Waals surface area (Å²) in [7, 11) is 0. The van der Waals surface area contributed by atoms with Crippen molar-refractivity contribution in [3.05, 3.63) is 71.5 Å². The minimum atomic E-state index is -0.983. The number of ether oxygens (including phenoxy) is 3. The van der Waals surface area contributed by atoms with Gasteiger partial charge in [-0.1, -0.05) is 44.0 Å². The predicted molar refractivity (Wildman–Crippen MR) is 123 cm³/mol. The Bertz CT molecular complexity index is 1260. The van der Waals surface area contributed by atoms with Crippen molar-refractivity contribution in [1.82, 2.24) is 0 Å². The minimum absolute atomic E-state index is 0.0146. The van der Waals surface area contributed by atoms with Crippen LogP contribution in [0.3, 0.4) is 0 Å². The number of hydrogen-bond donors (Lipinski definition) is 0. The molecule has 0 N–H and O–H groups in total. The Kier molecular flexibility index (Phi) is 4.57. The highest BCUT2D eigenvalue weighted by Gasteiger charge is 2.58. The second kappa shape index (κ2) is 7.51. The van der Waals surface area contributed by atoms with E-state index in [1.165, 1.54) is 12.1 Å². The molecule has 3 aromatic rings. The molecule has 1 amide bonds. The topological polar surface area (TPSA) is 48.0 Å². The van der Waals surface area contributed by atoms with Gasteiger partial charge in [-0.2, -0.15) is 0 Å². The third-order valence-electron chi connectivity index (χ3n) is 6.89. The zero-order valence-corrected chi connectivity index (χ0v) is 18.4. The molecule has 6 heteroatoms. The van der Waals surface area contributed by atoms with E-state index in [1.807, 2.05) is 35.2 Å². The molecule has 0 saturated heterocycles. The third-order valence-corrected chi connectivity index (χ3v) is 6.89. The quantitative estimate of drug-likeness (QED) is 0.491. The van der Waals surface area contributed by atoms with E-state index in [1.54, 1.807) is 12.1 Å². The van der Waals surface area contributed by atoms with Crippen molar-refractivity contribution in [1.29, 1.82) is 0 Å². The molecule has 3 aliphatic rings. The number of amides is 1. The molecule has 1 spiro atoms. The summed E-state index contributed by atoms with van der Waals surface area (Å²) >= 11 is 0. The Hall–Kier alpha value is -3.54. The van der Waals surface area contributed by atoms with E-state index < -0.39 is 5.41 Å². The van der Waals surface area contributed by atoms with E-state index >= 15 is 0 Å². The average Bonchev–Trinajstić information content (AvgIpc) is 3.50. The minimum Gasteiger partial charge on any atom is -0.491 e. The number of benzene rings is 3. The first-order valence-electron chi connectivity index (χ1n) is 11.4. The molecule has 0 bridgehead atoms. The molecule has 0 aliphatic carbocycles. The summed E-state index contributed by atoms with van der Waals surface area (Å²) < 4.78 is 31.0. The SMILES string of the molecule is CCCCCN1C(=O)C2(COc3cc4c(cc32)OCO4)c2c(-c3ccc(F)cc3)cccc21. The molecular weight excluding hydrogens is 421 g/mol. The second-order valence-electron chi connectivity index (χ2n) is 8.77. The van der Waals surface area contributed by atoms with Gasteiger partial charge in [0.15, 0.2) is 11.5 Å². The maximum absolute atomic E-state index is 14.2. The van der Waals surface area contributed by atoms with E-state index in [2.05, 4.69) is 6.92 Å². The zero-order chi connectivity index (χ0) is 22.6. The van der Waals surface area contributed by atoms with E-state index in [0.717, 1.165) is 47.2 Å². The fourth-order valence-electron chi connectivity index (χ4n) is 5.30. The summed E-state index contributed by atoms with van der Waals surface area (Å²) in [6.45, 7) is 3.16. The van der Waals surface area contributed by atoms with Gasteiger partial charge in [0.1, 0.15) is 23.6 Å². The Morgan fingerprint density at radius 2 is 1.76 bits per heavy atom. The van der Waals surface area contributed by atoms with Crippen LogP contribution in [0.2, 0.25) is 0 Å². The van der Waals surface area contributed by atoms with Crippen molar-refractivity contribution in [3.63, 3.8) is 0 Å². The van der Waals surface area contributed by atoms with Gasteiger partial charge in [0, 0.05) is 29.4 Å². The maximum Gasteiger partial charge on any atom is 0.245 e. The van der Waals surface area contributed by atoms with E-state index in [-0.39, 0.29) is 25.1 Å². The molecule has 0 fully saturated rings. The largest absolute Gasteiger partial charge is 0.491 e. The lowest BCUT2D eigenvalue weighted by Gasteiger charge is -2.24. The van der Waals surface area contributed by atoms with Gasteiger partial charge in [0.25, 0.3) is 0 Å². The number of carbonyl (C=O) groups is 1. The summed E-state index contributed by atoms with van der Waals surface area (Å²) in [4.78, 5) is 16.1. The highest BCUT2D eigenvalue weighted by atomic mass is 19.1. The molecule has 1 unspecified atom stereocenters. The van der Waals surface area contributed by atoms with Crippen molar-refractivity contribution in [2.45, 2.75) is 31.6 Å². The van der Waals surface area contributed by atoms with Gasteiger partial charge in [0.05, 0.1) is 0 Å². The summed E-state index contributed by atoms with van der Waals surface area (Å²) in [5.41, 5.74) is 3.40. The highest BCUT2D eigenvalue weighted by Crippen LogP contribution is 2.57. The average molecular weight is 445 g/mol. The molecule has 5 nitrogen and oxygen atoms in total. The first-order valence-corrected chi connectivity index (χ1v) is 11.4. The van der Waals surface area contributed by atoms with Gasteiger partial charge in [-0.25, -0.2) is 4.39 Å². The van der Waals surface area contributed by atoms with Crippen LogP contribution in [0.1, 0.15) is 37.3 Å². The fourth-order valence-corrected chi connectivity index (χ4v) is 5.30. The van der Waals surface area contributed by atoms with Gasteiger partial charge < -0.3 is 19.1 Å². The first-order chi connectivity index (χ1) is 16.1. The van der Waals surface area contributed by atoms with Crippen LogP contribution in [-0.4, -0.2) is 25.9 Å². The van der Waals surface area contributed by atoms with Crippen molar-refractivity contribution in [3.8, 4) is 28.4 Å². The van der Waals surface area contributed by atoms with Gasteiger partial charge >= 0.3 is 0 Å². The van der Waals surface area contributed by atoms with Crippen LogP contribution < -0.4 is 19.1 Å². The lowest BCUT2D eigenvalue weighted by Crippen LogP contribution is -2.43. The molecule has 3 aromatic carbocycles. The molecule has 1 atom stereocenters. The van der Waals surface area contributed by atoms with Crippen LogP contribution in [-0.2, 0) is 10.2 Å². The van der Waals surface area contributed by atoms with Crippen molar-refractivity contribution < 1.29 is 23.4 Å². The van der Waals surface area contributed by atoms with Crippen LogP contribution in [0, 0.1) is 5.82 Å². The second-order valence-corrected chi connectivity index (χ2v) is 8.77. The van der Waals surface area contributed by atoms with Crippen LogP contribution in [0.4, 0.5) is 10.1 Å². The number of nitrogens with zero attached hydrogens (tertiary/aromatic N) is 1. The van der Waals surface area contributed by atoms with E-state index in [4.69, 9.17) is 14.2 Å². The standard InChI is InChI=1S/C27H24FNO4/c1-2-3-4-12-29-21-7-5-6-19(17-8-10-18(28)11-9-17)25(21)27(26(29)30)15-31-22-14-24-23(13-20(22)27)32-16-33-24/h5-11,13-14H,2-4,12,15-16H2,1H3. The van der Waals surface area contributed by atoms with Crippen LogP contribution in [0.15, 0.2) is 54.6 Å². The summed E-state index contributed by atoms with van der Waals surface area (Å²) in [6, 6.07) is 16.1. The van der Waals surface area contributed by atoms with Gasteiger partial charge in [-0.3, -0.25) is 4.79 Å². The summed E-state index contributed by atoms with van der Waals surface area (Å²) in [6.07, 6.45) is 3.05. The van der Waals surface area contributed by atoms with Crippen LogP contribution in [0.25, 0.3) is 11.1 Å². The number of fused-ring (bicyclic) bond motifs is 5. The molecule has 6 rings (SSSR count). The number of unbranched alkanes of at least 4 members (excludes halogenated alkanes) is 2. The van der Waals surface area contributed by atoms with Crippen molar-refractivity contribution >= 4 is 11.6 Å². The normalized spacial score (nSPS) is 19.7. The predicted octanol–water partition coefficient (Wildman–Crippen LogP) is 5.44. The third kappa shape index (κ3) is 2.86. The van der Waals surface area contributed by atoms with Crippen LogP contribution in [0.5, 0.6) is 17.2 Å². The maximum atomic E-state index is 14.2. The number of hydrogen-bond acceptors (Lipinski definition) is 4. The zero-order valence-electron chi connectivity index (χ0n) is 18.4. The smallest absolute Gasteiger partial charge is 0.245 e. The first kappa shape index (κ1) is 20.1. The van der Waals surface area contributed by atoms with E-state index in [0.29, 0.717) is 23.8 Å². The Morgan fingerprint density at radius 1 is 0.970 bits per heavy atom. The van der Waals surface area contributed by atoms with Gasteiger partial charge in [0.2, 0.25) is 12.7 Å². The van der Waals surface area contributed by atoms with E-state index in [9.17, 15) is 9.18 Å². The van der Waals surface area contributed by atoms with Crippen LogP contribution >= 0.6 is 0 Å². The number of halogens is 1. The van der Waals surface area contributed by atoms with Crippen molar-refractivity contribution in [2.75, 3.05) is 24.8 Å². The fraction of sp³-hybridized carbons (Fsp3) is 0.296. The Labute approximate surface area is 191 Å². The molecule has 33 heavy (non-hydrogen) atoms. The molecular formula is C27H24FNO4. The number of rotatable bonds is 5. The molecule has 3 heterocycles. The number of anilines is 1. The van der Waals surface area contributed by atoms with Gasteiger partial charge in [-0.05, 0) is 41.8 Å². The molecule has 168 valence electrons. The summed E-state index contributed by atoms with van der Waals surface area (Å²) in [5, 5.41) is 0. The summed E-state index contributed by atoms with van der Waals surface area (Å²) in [5.74, 6) is 1.61. The van der Waals surface area contributed by atoms with Gasteiger partial charge in [-0.15, -0.1) is 0 Å². The molecule has 0 saturated carbocycles. The molecule has 0 aromatic heterocycles. The lowest BCUT2D eigenvalue weighted by atomic mass is 9.74. The molecule has 3 aliphatic heterocycles. The van der Waals surface area contributed by atoms with Crippen molar-refractivity contribution in [2.24, 2.45) is 0 Å². The Balaban J connectivity index is 1.58. The highest BCUT2D eigenvalue weighted by molar-refractivity contribution is 6.13. The molecule has 0 radical (unpaired) electrons. The monoisotopic (exact) mass is 445 g/mol. The lowest BCUT2D eigenvalue weighted by molar-refractivity contribution is -0.122. The Morgan fingerprint density at radius 3 is 2.55 bits per heavy atom. The number of carbonyl (C=O) groups excluding carboxylic acids is 1.